The van der Waals surface area contributed by atoms with E-state index in [1.165, 1.54) is 0 Å². The summed E-state index contributed by atoms with van der Waals surface area (Å²) in [4.78, 5) is 11.9. The van der Waals surface area contributed by atoms with Crippen LogP contribution in [-0.2, 0) is 0 Å². The van der Waals surface area contributed by atoms with Crippen LogP contribution in [0.15, 0.2) is 24.3 Å². The maximum Gasteiger partial charge on any atom is 0.251 e. The van der Waals surface area contributed by atoms with Gasteiger partial charge in [-0.15, -0.1) is 0 Å². The van der Waals surface area contributed by atoms with Crippen LogP contribution in [0.3, 0.4) is 0 Å². The first-order valence-electron chi connectivity index (χ1n) is 6.08. The van der Waals surface area contributed by atoms with Crippen molar-refractivity contribution in [3.05, 3.63) is 29.8 Å². The van der Waals surface area contributed by atoms with E-state index in [4.69, 9.17) is 4.74 Å². The Hall–Kier alpha value is -1.51. The Morgan fingerprint density at radius 1 is 1.35 bits per heavy atom. The van der Waals surface area contributed by atoms with Crippen LogP contribution in [0.2, 0.25) is 0 Å². The number of hydrogen-bond donors (Lipinski definition) is 1. The van der Waals surface area contributed by atoms with Crippen LogP contribution in [0, 0.1) is 5.92 Å². The second-order valence-electron chi connectivity index (χ2n) is 4.47. The van der Waals surface area contributed by atoms with Crippen molar-refractivity contribution in [3.8, 4) is 5.75 Å². The van der Waals surface area contributed by atoms with Gasteiger partial charge in [0.15, 0.2) is 0 Å². The van der Waals surface area contributed by atoms with Gasteiger partial charge in [0.25, 0.3) is 5.91 Å². The Labute approximate surface area is 103 Å². The minimum Gasteiger partial charge on any atom is -0.494 e. The highest BCUT2D eigenvalue weighted by Crippen LogP contribution is 2.13. The van der Waals surface area contributed by atoms with E-state index in [0.29, 0.717) is 18.1 Å². The second-order valence-corrected chi connectivity index (χ2v) is 4.47. The predicted octanol–water partition coefficient (Wildman–Crippen LogP) is 2.86. The van der Waals surface area contributed by atoms with Gasteiger partial charge in [0, 0.05) is 11.6 Å². The summed E-state index contributed by atoms with van der Waals surface area (Å²) in [7, 11) is 0. The molecule has 17 heavy (non-hydrogen) atoms. The molecule has 1 aromatic rings. The zero-order chi connectivity index (χ0) is 12.8. The SMILES string of the molecule is CCOc1cccc(C(=O)N[C@@H](C)C(C)C)c1. The third-order valence-corrected chi connectivity index (χ3v) is 2.77. The summed E-state index contributed by atoms with van der Waals surface area (Å²) in [6.45, 7) is 8.71. The summed E-state index contributed by atoms with van der Waals surface area (Å²) in [5, 5.41) is 2.97. The number of amides is 1. The van der Waals surface area contributed by atoms with E-state index in [2.05, 4.69) is 19.2 Å². The van der Waals surface area contributed by atoms with Crippen molar-refractivity contribution in [1.29, 1.82) is 0 Å². The van der Waals surface area contributed by atoms with Crippen molar-refractivity contribution in [1.82, 2.24) is 5.32 Å². The lowest BCUT2D eigenvalue weighted by atomic mass is 10.1. The number of benzene rings is 1. The number of nitrogens with one attached hydrogen (secondary N) is 1. The fourth-order valence-electron chi connectivity index (χ4n) is 1.35. The molecule has 1 amide bonds. The topological polar surface area (TPSA) is 38.3 Å². The molecular weight excluding hydrogens is 214 g/mol. The Morgan fingerprint density at radius 3 is 2.65 bits per heavy atom. The minimum atomic E-state index is -0.0484. The molecule has 0 aliphatic carbocycles. The predicted molar refractivity (Wildman–Crippen MR) is 69.4 cm³/mol. The lowest BCUT2D eigenvalue weighted by molar-refractivity contribution is 0.0930. The Balaban J connectivity index is 2.71. The Bertz CT molecular complexity index is 374. The standard InChI is InChI=1S/C14H21NO2/c1-5-17-13-8-6-7-12(9-13)14(16)15-11(4)10(2)3/h6-11H,5H2,1-4H3,(H,15,16)/t11-/m0/s1. The summed E-state index contributed by atoms with van der Waals surface area (Å²) < 4.78 is 5.37. The first-order chi connectivity index (χ1) is 8.04. The maximum atomic E-state index is 11.9. The molecule has 0 radical (unpaired) electrons. The molecule has 0 heterocycles. The molecule has 0 fully saturated rings. The van der Waals surface area contributed by atoms with Gasteiger partial charge in [-0.25, -0.2) is 0 Å². The van der Waals surface area contributed by atoms with Crippen molar-refractivity contribution < 1.29 is 9.53 Å². The molecule has 0 aliphatic rings. The summed E-state index contributed by atoms with van der Waals surface area (Å²) in [5.41, 5.74) is 0.642. The zero-order valence-electron chi connectivity index (χ0n) is 11.0. The van der Waals surface area contributed by atoms with Gasteiger partial charge in [-0.05, 0) is 38.0 Å². The third kappa shape index (κ3) is 4.10. The average molecular weight is 235 g/mol. The van der Waals surface area contributed by atoms with E-state index < -0.39 is 0 Å². The van der Waals surface area contributed by atoms with Crippen LogP contribution >= 0.6 is 0 Å². The van der Waals surface area contributed by atoms with E-state index in [9.17, 15) is 4.79 Å². The highest BCUT2D eigenvalue weighted by atomic mass is 16.5. The summed E-state index contributed by atoms with van der Waals surface area (Å²) in [6, 6.07) is 7.42. The normalized spacial score (nSPS) is 12.3. The molecule has 0 spiro atoms. The molecule has 0 unspecified atom stereocenters. The minimum absolute atomic E-state index is 0.0484. The molecule has 3 heteroatoms. The van der Waals surface area contributed by atoms with E-state index in [-0.39, 0.29) is 11.9 Å². The van der Waals surface area contributed by atoms with Crippen LogP contribution in [0.4, 0.5) is 0 Å². The molecule has 0 aromatic heterocycles. The summed E-state index contributed by atoms with van der Waals surface area (Å²) in [5.74, 6) is 1.11. The van der Waals surface area contributed by atoms with Crippen LogP contribution < -0.4 is 10.1 Å². The van der Waals surface area contributed by atoms with E-state index in [1.54, 1.807) is 12.1 Å². The second kappa shape index (κ2) is 6.28. The van der Waals surface area contributed by atoms with Crippen molar-refractivity contribution in [2.24, 2.45) is 5.92 Å². The van der Waals surface area contributed by atoms with Gasteiger partial charge in [0.2, 0.25) is 0 Å². The molecule has 1 rings (SSSR count). The van der Waals surface area contributed by atoms with Crippen LogP contribution in [-0.4, -0.2) is 18.6 Å². The molecule has 1 atom stereocenters. The summed E-state index contributed by atoms with van der Waals surface area (Å²) in [6.07, 6.45) is 0. The van der Waals surface area contributed by atoms with Gasteiger partial charge in [0.05, 0.1) is 6.61 Å². The Morgan fingerprint density at radius 2 is 2.06 bits per heavy atom. The van der Waals surface area contributed by atoms with Gasteiger partial charge >= 0.3 is 0 Å². The zero-order valence-corrected chi connectivity index (χ0v) is 11.0. The molecular formula is C14H21NO2. The molecule has 0 bridgehead atoms. The van der Waals surface area contributed by atoms with Crippen molar-refractivity contribution >= 4 is 5.91 Å². The third-order valence-electron chi connectivity index (χ3n) is 2.77. The maximum absolute atomic E-state index is 11.9. The van der Waals surface area contributed by atoms with E-state index in [1.807, 2.05) is 26.0 Å². The van der Waals surface area contributed by atoms with Crippen LogP contribution in [0.5, 0.6) is 5.75 Å². The van der Waals surface area contributed by atoms with Crippen molar-refractivity contribution in [3.63, 3.8) is 0 Å². The quantitative estimate of drug-likeness (QED) is 0.852. The van der Waals surface area contributed by atoms with Crippen molar-refractivity contribution in [2.75, 3.05) is 6.61 Å². The highest BCUT2D eigenvalue weighted by molar-refractivity contribution is 5.94. The molecule has 94 valence electrons. The molecule has 0 aliphatic heterocycles. The first-order valence-corrected chi connectivity index (χ1v) is 6.08. The van der Waals surface area contributed by atoms with E-state index in [0.717, 1.165) is 5.75 Å². The highest BCUT2D eigenvalue weighted by Gasteiger charge is 2.12. The molecule has 0 saturated carbocycles. The van der Waals surface area contributed by atoms with Gasteiger partial charge in [-0.3, -0.25) is 4.79 Å². The lowest BCUT2D eigenvalue weighted by Crippen LogP contribution is -2.36. The molecule has 1 aromatic carbocycles. The fraction of sp³-hybridized carbons (Fsp3) is 0.500. The fourth-order valence-corrected chi connectivity index (χ4v) is 1.35. The number of ether oxygens (including phenoxy) is 1. The Kier molecular flexibility index (Phi) is 5.01. The lowest BCUT2D eigenvalue weighted by Gasteiger charge is -2.17. The van der Waals surface area contributed by atoms with Crippen LogP contribution in [0.25, 0.3) is 0 Å². The molecule has 0 saturated heterocycles. The largest absolute Gasteiger partial charge is 0.494 e. The van der Waals surface area contributed by atoms with E-state index >= 15 is 0 Å². The smallest absolute Gasteiger partial charge is 0.251 e. The van der Waals surface area contributed by atoms with Gasteiger partial charge in [-0.2, -0.15) is 0 Å². The summed E-state index contributed by atoms with van der Waals surface area (Å²) >= 11 is 0. The molecule has 3 nitrogen and oxygen atoms in total. The molecule has 1 N–H and O–H groups in total. The van der Waals surface area contributed by atoms with Gasteiger partial charge < -0.3 is 10.1 Å². The number of rotatable bonds is 5. The monoisotopic (exact) mass is 235 g/mol. The van der Waals surface area contributed by atoms with Crippen LogP contribution in [0.1, 0.15) is 38.1 Å². The number of carbonyl (C=O) groups excluding carboxylic acids is 1. The van der Waals surface area contributed by atoms with Crippen molar-refractivity contribution in [2.45, 2.75) is 33.7 Å². The van der Waals surface area contributed by atoms with Gasteiger partial charge in [0.1, 0.15) is 5.75 Å². The average Bonchev–Trinajstić information content (AvgIpc) is 2.29. The first kappa shape index (κ1) is 13.6. The van der Waals surface area contributed by atoms with Gasteiger partial charge in [-0.1, -0.05) is 19.9 Å². The number of carbonyl (C=O) groups is 1. The number of hydrogen-bond acceptors (Lipinski definition) is 2.